The van der Waals surface area contributed by atoms with Crippen molar-refractivity contribution in [3.8, 4) is 0 Å². The largest absolute Gasteiger partial charge is 0.386 e. The molecule has 4 heteroatoms. The first-order chi connectivity index (χ1) is 6.77. The highest BCUT2D eigenvalue weighted by atomic mass is 15.2. The van der Waals surface area contributed by atoms with Crippen molar-refractivity contribution in [3.63, 3.8) is 0 Å². The quantitative estimate of drug-likeness (QED) is 0.719. The lowest BCUT2D eigenvalue weighted by molar-refractivity contribution is 0.783. The van der Waals surface area contributed by atoms with E-state index >= 15 is 0 Å². The second-order valence-corrected chi connectivity index (χ2v) is 3.42. The topological polar surface area (TPSA) is 63.6 Å². The minimum Gasteiger partial charge on any atom is -0.386 e. The highest BCUT2D eigenvalue weighted by molar-refractivity contribution is 6.05. The molecule has 0 aromatic carbocycles. The van der Waals surface area contributed by atoms with E-state index in [0.29, 0.717) is 11.8 Å². The van der Waals surface area contributed by atoms with Crippen LogP contribution in [-0.4, -0.2) is 16.5 Å². The summed E-state index contributed by atoms with van der Waals surface area (Å²) in [6.45, 7) is 2.10. The molecule has 0 spiro atoms. The summed E-state index contributed by atoms with van der Waals surface area (Å²) < 4.78 is 0. The zero-order valence-corrected chi connectivity index (χ0v) is 8.01. The minimum absolute atomic E-state index is 0.329. The number of nitrogens with two attached hydrogens (primary N) is 1. The van der Waals surface area contributed by atoms with Crippen LogP contribution in [0.5, 0.6) is 0 Å². The third-order valence-electron chi connectivity index (χ3n) is 2.24. The van der Waals surface area contributed by atoms with Crippen molar-refractivity contribution in [2.75, 3.05) is 0 Å². The Morgan fingerprint density at radius 2 is 2.00 bits per heavy atom. The van der Waals surface area contributed by atoms with Gasteiger partial charge >= 0.3 is 0 Å². The van der Waals surface area contributed by atoms with Crippen molar-refractivity contribution in [3.05, 3.63) is 30.1 Å². The summed E-state index contributed by atoms with van der Waals surface area (Å²) in [6.07, 6.45) is 4.29. The minimum atomic E-state index is 0.329. The van der Waals surface area contributed by atoms with Crippen molar-refractivity contribution < 1.29 is 0 Å². The van der Waals surface area contributed by atoms with Gasteiger partial charge in [0.15, 0.2) is 0 Å². The molecule has 0 saturated heterocycles. The Hall–Kier alpha value is -1.71. The fraction of sp³-hybridized carbons (Fsp3) is 0.300. The van der Waals surface area contributed by atoms with Gasteiger partial charge in [0, 0.05) is 30.3 Å². The molecule has 1 aliphatic rings. The molecule has 2 rings (SSSR count). The normalized spacial score (nSPS) is 21.4. The Labute approximate surface area is 82.6 Å². The zero-order chi connectivity index (χ0) is 9.97. The summed E-state index contributed by atoms with van der Waals surface area (Å²) in [5.41, 5.74) is 7.66. The maximum atomic E-state index is 5.60. The molecule has 1 unspecified atom stereocenters. The van der Waals surface area contributed by atoms with Crippen LogP contribution in [0.4, 0.5) is 0 Å². The van der Waals surface area contributed by atoms with Gasteiger partial charge in [0.1, 0.15) is 5.84 Å². The molecule has 1 atom stereocenters. The Kier molecular flexibility index (Phi) is 2.26. The van der Waals surface area contributed by atoms with Gasteiger partial charge in [-0.25, -0.2) is 0 Å². The van der Waals surface area contributed by atoms with E-state index in [0.717, 1.165) is 17.7 Å². The predicted octanol–water partition coefficient (Wildman–Crippen LogP) is 1.18. The molecule has 1 aliphatic heterocycles. The number of hydrogen-bond acceptors (Lipinski definition) is 4. The molecule has 14 heavy (non-hydrogen) atoms. The summed E-state index contributed by atoms with van der Waals surface area (Å²) in [6, 6.07) is 3.87. The maximum Gasteiger partial charge on any atom is 0.123 e. The van der Waals surface area contributed by atoms with Crippen LogP contribution >= 0.6 is 0 Å². The molecule has 2 heterocycles. The first kappa shape index (κ1) is 8.87. The van der Waals surface area contributed by atoms with Crippen molar-refractivity contribution >= 4 is 11.5 Å². The lowest BCUT2D eigenvalue weighted by atomic mass is 9.95. The first-order valence-electron chi connectivity index (χ1n) is 4.57. The molecule has 0 aliphatic carbocycles. The molecular weight excluding hydrogens is 176 g/mol. The standard InChI is InChI=1S/C10H12N4/c1-7-6-9(11)13-14-10(7)8-2-4-12-5-3-8/h2-5,7H,6H2,1H3,(H2,11,13). The van der Waals surface area contributed by atoms with E-state index in [1.54, 1.807) is 12.4 Å². The van der Waals surface area contributed by atoms with Crippen molar-refractivity contribution in [1.29, 1.82) is 0 Å². The van der Waals surface area contributed by atoms with E-state index in [4.69, 9.17) is 5.73 Å². The van der Waals surface area contributed by atoms with Gasteiger partial charge < -0.3 is 5.73 Å². The average molecular weight is 188 g/mol. The molecule has 2 N–H and O–H groups in total. The molecule has 0 radical (unpaired) electrons. The van der Waals surface area contributed by atoms with Crippen LogP contribution in [-0.2, 0) is 0 Å². The average Bonchev–Trinajstić information content (AvgIpc) is 2.19. The van der Waals surface area contributed by atoms with Gasteiger partial charge in [-0.05, 0) is 12.1 Å². The Morgan fingerprint density at radius 1 is 1.29 bits per heavy atom. The van der Waals surface area contributed by atoms with Crippen LogP contribution in [0.3, 0.4) is 0 Å². The predicted molar refractivity (Wildman–Crippen MR) is 56.2 cm³/mol. The number of aromatic nitrogens is 1. The van der Waals surface area contributed by atoms with Gasteiger partial charge in [0.05, 0.1) is 5.71 Å². The number of pyridine rings is 1. The molecule has 0 amide bonds. The lowest BCUT2D eigenvalue weighted by Crippen LogP contribution is -2.25. The smallest absolute Gasteiger partial charge is 0.123 e. The molecule has 0 bridgehead atoms. The molecular formula is C10H12N4. The van der Waals surface area contributed by atoms with Crippen LogP contribution in [0.1, 0.15) is 18.9 Å². The number of rotatable bonds is 1. The highest BCUT2D eigenvalue weighted by Gasteiger charge is 2.17. The van der Waals surface area contributed by atoms with E-state index in [1.165, 1.54) is 0 Å². The second-order valence-electron chi connectivity index (χ2n) is 3.42. The maximum absolute atomic E-state index is 5.60. The molecule has 0 saturated carbocycles. The molecule has 1 aromatic rings. The van der Waals surface area contributed by atoms with Crippen LogP contribution in [0.15, 0.2) is 34.7 Å². The fourth-order valence-corrected chi connectivity index (χ4v) is 1.53. The summed E-state index contributed by atoms with van der Waals surface area (Å²) in [4.78, 5) is 3.96. The first-order valence-corrected chi connectivity index (χ1v) is 4.57. The van der Waals surface area contributed by atoms with Gasteiger partial charge in [0.2, 0.25) is 0 Å². The zero-order valence-electron chi connectivity index (χ0n) is 8.01. The Morgan fingerprint density at radius 3 is 2.64 bits per heavy atom. The van der Waals surface area contributed by atoms with Gasteiger partial charge in [0.25, 0.3) is 0 Å². The van der Waals surface area contributed by atoms with E-state index in [-0.39, 0.29) is 0 Å². The van der Waals surface area contributed by atoms with Crippen LogP contribution in [0.25, 0.3) is 0 Å². The van der Waals surface area contributed by atoms with E-state index < -0.39 is 0 Å². The Bertz CT molecular complexity index is 380. The molecule has 0 fully saturated rings. The van der Waals surface area contributed by atoms with Gasteiger partial charge in [-0.1, -0.05) is 6.92 Å². The van der Waals surface area contributed by atoms with E-state index in [9.17, 15) is 0 Å². The molecule has 72 valence electrons. The summed E-state index contributed by atoms with van der Waals surface area (Å²) >= 11 is 0. The van der Waals surface area contributed by atoms with Crippen molar-refractivity contribution in [2.45, 2.75) is 13.3 Å². The molecule has 4 nitrogen and oxygen atoms in total. The summed E-state index contributed by atoms with van der Waals surface area (Å²) in [5, 5.41) is 8.01. The number of amidine groups is 1. The highest BCUT2D eigenvalue weighted by Crippen LogP contribution is 2.16. The van der Waals surface area contributed by atoms with Crippen molar-refractivity contribution in [1.82, 2.24) is 4.98 Å². The third kappa shape index (κ3) is 1.64. The summed E-state index contributed by atoms with van der Waals surface area (Å²) in [5.74, 6) is 0.935. The SMILES string of the molecule is CC1CC(N)=NN=C1c1ccncc1. The van der Waals surface area contributed by atoms with E-state index in [2.05, 4.69) is 22.1 Å². The summed E-state index contributed by atoms with van der Waals surface area (Å²) in [7, 11) is 0. The number of hydrogen-bond donors (Lipinski definition) is 1. The monoisotopic (exact) mass is 188 g/mol. The fourth-order valence-electron chi connectivity index (χ4n) is 1.53. The van der Waals surface area contributed by atoms with Crippen molar-refractivity contribution in [2.24, 2.45) is 21.9 Å². The third-order valence-corrected chi connectivity index (χ3v) is 2.24. The van der Waals surface area contributed by atoms with Gasteiger partial charge in [-0.2, -0.15) is 5.10 Å². The Balaban J connectivity index is 2.35. The second kappa shape index (κ2) is 3.57. The van der Waals surface area contributed by atoms with Gasteiger partial charge in [-0.15, -0.1) is 5.10 Å². The lowest BCUT2D eigenvalue weighted by Gasteiger charge is -2.16. The van der Waals surface area contributed by atoms with E-state index in [1.807, 2.05) is 12.1 Å². The van der Waals surface area contributed by atoms with Crippen LogP contribution in [0, 0.1) is 5.92 Å². The number of nitrogens with zero attached hydrogens (tertiary/aromatic N) is 3. The van der Waals surface area contributed by atoms with Crippen LogP contribution in [0.2, 0.25) is 0 Å². The molecule has 1 aromatic heterocycles. The van der Waals surface area contributed by atoms with Crippen LogP contribution < -0.4 is 5.73 Å². The van der Waals surface area contributed by atoms with Gasteiger partial charge in [-0.3, -0.25) is 4.98 Å².